The van der Waals surface area contributed by atoms with E-state index in [0.717, 1.165) is 0 Å². The molecule has 0 bridgehead atoms. The summed E-state index contributed by atoms with van der Waals surface area (Å²) in [4.78, 5) is 12.3. The molecule has 3 aromatic carbocycles. The molecular weight excluding hydrogens is 522 g/mol. The first kappa shape index (κ1) is 26.1. The number of carbonyl (C=O) groups is 1. The first-order valence-electron chi connectivity index (χ1n) is 11.0. The van der Waals surface area contributed by atoms with Crippen molar-refractivity contribution in [2.75, 3.05) is 13.2 Å². The molecule has 0 saturated carbocycles. The highest BCUT2D eigenvalue weighted by atomic mass is 35.5. The van der Waals surface area contributed by atoms with Crippen molar-refractivity contribution in [3.8, 4) is 29.0 Å². The summed E-state index contributed by atoms with van der Waals surface area (Å²) >= 11 is 12.2. The van der Waals surface area contributed by atoms with E-state index in [4.69, 9.17) is 42.7 Å². The molecule has 0 aliphatic carbocycles. The van der Waals surface area contributed by atoms with Gasteiger partial charge in [-0.1, -0.05) is 35.3 Å². The molecule has 0 unspecified atom stereocenters. The van der Waals surface area contributed by atoms with Crippen molar-refractivity contribution in [1.29, 1.82) is 5.26 Å². The SMILES string of the molecule is N#Cc1cc(Cl)cc(Oc2c(Cl)ccc(Cc3nnc(-c4cccc(C(=O)NCCCO)c4)o3)c2F)c1. The Bertz CT molecular complexity index is 1490. The maximum absolute atomic E-state index is 15.3. The number of rotatable bonds is 9. The number of ether oxygens (including phenoxy) is 1. The molecule has 4 aromatic rings. The Morgan fingerprint density at radius 1 is 1.16 bits per heavy atom. The molecule has 4 rings (SSSR count). The predicted octanol–water partition coefficient (Wildman–Crippen LogP) is 5.55. The van der Waals surface area contributed by atoms with Crippen LogP contribution in [0.2, 0.25) is 10.0 Å². The van der Waals surface area contributed by atoms with Gasteiger partial charge in [0.05, 0.1) is 23.1 Å². The third kappa shape index (κ3) is 6.43. The van der Waals surface area contributed by atoms with Crippen LogP contribution >= 0.6 is 23.2 Å². The Morgan fingerprint density at radius 2 is 2.00 bits per heavy atom. The Balaban J connectivity index is 1.53. The van der Waals surface area contributed by atoms with Gasteiger partial charge < -0.3 is 19.6 Å². The average Bonchev–Trinajstić information content (AvgIpc) is 3.36. The summed E-state index contributed by atoms with van der Waals surface area (Å²) in [6.07, 6.45) is 0.402. The van der Waals surface area contributed by atoms with Gasteiger partial charge in [0.2, 0.25) is 11.8 Å². The standard InChI is InChI=1S/C26H19Cl2FN4O4/c27-19-9-15(14-30)10-20(13-19)36-24-21(28)6-5-16(23(24)29)12-22-32-33-26(37-22)18-4-1-3-17(11-18)25(35)31-7-2-8-34/h1,3-6,9-11,13,34H,2,7-8,12H2,(H,31,35). The normalized spacial score (nSPS) is 10.7. The third-order valence-corrected chi connectivity index (χ3v) is 5.67. The summed E-state index contributed by atoms with van der Waals surface area (Å²) in [5.74, 6) is -0.810. The maximum atomic E-state index is 15.3. The van der Waals surface area contributed by atoms with E-state index in [0.29, 0.717) is 24.1 Å². The minimum absolute atomic E-state index is 0.0182. The number of halogens is 3. The van der Waals surface area contributed by atoms with Gasteiger partial charge in [0, 0.05) is 34.9 Å². The van der Waals surface area contributed by atoms with Gasteiger partial charge in [0.25, 0.3) is 5.91 Å². The lowest BCUT2D eigenvalue weighted by molar-refractivity contribution is 0.0951. The molecular formula is C26H19Cl2FN4O4. The van der Waals surface area contributed by atoms with Crippen LogP contribution in [0.15, 0.2) is 59.0 Å². The van der Waals surface area contributed by atoms with Crippen molar-refractivity contribution in [2.24, 2.45) is 0 Å². The van der Waals surface area contributed by atoms with Crippen LogP contribution < -0.4 is 10.1 Å². The van der Waals surface area contributed by atoms with Crippen LogP contribution in [0.4, 0.5) is 4.39 Å². The predicted molar refractivity (Wildman–Crippen MR) is 134 cm³/mol. The van der Waals surface area contributed by atoms with Crippen molar-refractivity contribution in [2.45, 2.75) is 12.8 Å². The van der Waals surface area contributed by atoms with Crippen LogP contribution in [0.5, 0.6) is 11.5 Å². The monoisotopic (exact) mass is 540 g/mol. The molecule has 0 atom stereocenters. The van der Waals surface area contributed by atoms with Crippen LogP contribution in [-0.4, -0.2) is 34.4 Å². The smallest absolute Gasteiger partial charge is 0.251 e. The second kappa shape index (κ2) is 11.8. The second-order valence-electron chi connectivity index (χ2n) is 7.83. The van der Waals surface area contributed by atoms with E-state index in [-0.39, 0.29) is 63.4 Å². The maximum Gasteiger partial charge on any atom is 0.251 e. The van der Waals surface area contributed by atoms with Crippen LogP contribution in [-0.2, 0) is 6.42 Å². The van der Waals surface area contributed by atoms with Gasteiger partial charge in [0.1, 0.15) is 5.75 Å². The van der Waals surface area contributed by atoms with E-state index in [2.05, 4.69) is 15.5 Å². The van der Waals surface area contributed by atoms with Crippen molar-refractivity contribution in [3.05, 3.63) is 93.0 Å². The van der Waals surface area contributed by atoms with Gasteiger partial charge in [-0.15, -0.1) is 10.2 Å². The van der Waals surface area contributed by atoms with Crippen molar-refractivity contribution >= 4 is 29.1 Å². The van der Waals surface area contributed by atoms with E-state index in [1.807, 2.05) is 6.07 Å². The summed E-state index contributed by atoms with van der Waals surface area (Å²) in [7, 11) is 0. The van der Waals surface area contributed by atoms with E-state index >= 15 is 4.39 Å². The van der Waals surface area contributed by atoms with Gasteiger partial charge in [-0.05, 0) is 48.9 Å². The number of amides is 1. The molecule has 37 heavy (non-hydrogen) atoms. The molecule has 0 aliphatic rings. The zero-order chi connectivity index (χ0) is 26.4. The Morgan fingerprint density at radius 3 is 2.78 bits per heavy atom. The number of hydrogen-bond acceptors (Lipinski definition) is 7. The fourth-order valence-electron chi connectivity index (χ4n) is 3.39. The zero-order valence-electron chi connectivity index (χ0n) is 19.2. The quantitative estimate of drug-likeness (QED) is 0.267. The van der Waals surface area contributed by atoms with Crippen LogP contribution in [0.1, 0.15) is 33.8 Å². The van der Waals surface area contributed by atoms with Gasteiger partial charge in [-0.2, -0.15) is 5.26 Å². The number of carbonyl (C=O) groups excluding carboxylic acids is 1. The summed E-state index contributed by atoms with van der Waals surface area (Å²) < 4.78 is 26.7. The highest BCUT2D eigenvalue weighted by Crippen LogP contribution is 2.36. The zero-order valence-corrected chi connectivity index (χ0v) is 20.7. The molecule has 1 amide bonds. The summed E-state index contributed by atoms with van der Waals surface area (Å²) in [6.45, 7) is 0.328. The molecule has 2 N–H and O–H groups in total. The fraction of sp³-hybridized carbons (Fsp3) is 0.154. The minimum Gasteiger partial charge on any atom is -0.453 e. The number of nitriles is 1. The fourth-order valence-corrected chi connectivity index (χ4v) is 3.80. The molecule has 0 radical (unpaired) electrons. The topological polar surface area (TPSA) is 121 Å². The highest BCUT2D eigenvalue weighted by molar-refractivity contribution is 6.32. The van der Waals surface area contributed by atoms with Crippen molar-refractivity contribution in [3.63, 3.8) is 0 Å². The van der Waals surface area contributed by atoms with Crippen molar-refractivity contribution in [1.82, 2.24) is 15.5 Å². The molecule has 1 heterocycles. The molecule has 11 heteroatoms. The van der Waals surface area contributed by atoms with E-state index in [1.165, 1.54) is 30.3 Å². The van der Waals surface area contributed by atoms with Crippen molar-refractivity contribution < 1.29 is 23.4 Å². The summed E-state index contributed by atoms with van der Waals surface area (Å²) in [5, 5.41) is 29.0. The number of aliphatic hydroxyl groups is 1. The number of nitrogens with zero attached hydrogens (tertiary/aromatic N) is 3. The number of aliphatic hydroxyl groups excluding tert-OH is 1. The number of hydrogen-bond donors (Lipinski definition) is 2. The Hall–Kier alpha value is -3.97. The van der Waals surface area contributed by atoms with Gasteiger partial charge in [-0.25, -0.2) is 4.39 Å². The van der Waals surface area contributed by atoms with E-state index in [9.17, 15) is 4.79 Å². The number of nitrogens with one attached hydrogen (secondary N) is 1. The largest absolute Gasteiger partial charge is 0.453 e. The third-order valence-electron chi connectivity index (χ3n) is 5.15. The second-order valence-corrected chi connectivity index (χ2v) is 8.67. The lowest BCUT2D eigenvalue weighted by Gasteiger charge is -2.11. The highest BCUT2D eigenvalue weighted by Gasteiger charge is 2.19. The summed E-state index contributed by atoms with van der Waals surface area (Å²) in [5.41, 5.74) is 1.35. The Labute approximate surface area is 221 Å². The van der Waals surface area contributed by atoms with E-state index < -0.39 is 5.82 Å². The van der Waals surface area contributed by atoms with Crippen LogP contribution in [0.25, 0.3) is 11.5 Å². The first-order chi connectivity index (χ1) is 17.9. The molecule has 8 nitrogen and oxygen atoms in total. The molecule has 0 spiro atoms. The Kier molecular flexibility index (Phi) is 8.36. The van der Waals surface area contributed by atoms with E-state index in [1.54, 1.807) is 24.3 Å². The lowest BCUT2D eigenvalue weighted by atomic mass is 10.1. The van der Waals surface area contributed by atoms with Gasteiger partial charge in [0.15, 0.2) is 11.6 Å². The molecule has 0 saturated heterocycles. The average molecular weight is 541 g/mol. The number of aromatic nitrogens is 2. The molecule has 0 aliphatic heterocycles. The van der Waals surface area contributed by atoms with Crippen LogP contribution in [0.3, 0.4) is 0 Å². The lowest BCUT2D eigenvalue weighted by Crippen LogP contribution is -2.24. The van der Waals surface area contributed by atoms with Crippen LogP contribution in [0, 0.1) is 17.1 Å². The molecule has 1 aromatic heterocycles. The minimum atomic E-state index is -0.729. The van der Waals surface area contributed by atoms with Gasteiger partial charge >= 0.3 is 0 Å². The molecule has 188 valence electrons. The number of benzene rings is 3. The first-order valence-corrected chi connectivity index (χ1v) is 11.8. The van der Waals surface area contributed by atoms with Gasteiger partial charge in [-0.3, -0.25) is 4.79 Å². The molecule has 0 fully saturated rings. The summed E-state index contributed by atoms with van der Waals surface area (Å²) in [6, 6.07) is 15.8.